The smallest absolute Gasteiger partial charge is 0.233 e. The highest BCUT2D eigenvalue weighted by Gasteiger charge is 2.43. The van der Waals surface area contributed by atoms with Gasteiger partial charge in [0.25, 0.3) is 0 Å². The van der Waals surface area contributed by atoms with Crippen LogP contribution in [0, 0.1) is 12.3 Å². The zero-order chi connectivity index (χ0) is 14.3. The fourth-order valence-corrected chi connectivity index (χ4v) is 3.84. The molecule has 1 aliphatic heterocycles. The van der Waals surface area contributed by atoms with Crippen LogP contribution in [0.2, 0.25) is 0 Å². The van der Waals surface area contributed by atoms with Gasteiger partial charge >= 0.3 is 0 Å². The number of rotatable bonds is 2. The van der Waals surface area contributed by atoms with Crippen molar-refractivity contribution in [2.24, 2.45) is 5.41 Å². The van der Waals surface area contributed by atoms with Crippen LogP contribution >= 0.6 is 0 Å². The average molecular weight is 272 g/mol. The Morgan fingerprint density at radius 2 is 2.05 bits per heavy atom. The predicted octanol–water partition coefficient (Wildman–Crippen LogP) is 3.44. The second-order valence-corrected chi connectivity index (χ2v) is 6.39. The van der Waals surface area contributed by atoms with Crippen LogP contribution < -0.4 is 10.6 Å². The molecule has 1 fully saturated rings. The Kier molecular flexibility index (Phi) is 3.23. The lowest BCUT2D eigenvalue weighted by atomic mass is 9.82. The van der Waals surface area contributed by atoms with Crippen LogP contribution in [0.15, 0.2) is 12.1 Å². The van der Waals surface area contributed by atoms with E-state index in [0.717, 1.165) is 49.2 Å². The molecule has 1 saturated carbocycles. The summed E-state index contributed by atoms with van der Waals surface area (Å²) >= 11 is 0. The minimum absolute atomic E-state index is 0.110. The van der Waals surface area contributed by atoms with Crippen LogP contribution in [0.1, 0.15) is 50.2 Å². The Balaban J connectivity index is 1.94. The number of nitrogen functional groups attached to an aromatic ring is 1. The summed E-state index contributed by atoms with van der Waals surface area (Å²) in [7, 11) is 0. The summed E-state index contributed by atoms with van der Waals surface area (Å²) in [5, 5.41) is 0. The van der Waals surface area contributed by atoms with Crippen molar-refractivity contribution in [3.63, 3.8) is 0 Å². The van der Waals surface area contributed by atoms with Crippen molar-refractivity contribution in [2.75, 3.05) is 17.2 Å². The predicted molar refractivity (Wildman–Crippen MR) is 82.8 cm³/mol. The van der Waals surface area contributed by atoms with Crippen LogP contribution in [-0.4, -0.2) is 12.5 Å². The van der Waals surface area contributed by atoms with E-state index < -0.39 is 0 Å². The molecule has 1 heterocycles. The largest absolute Gasteiger partial charge is 0.398 e. The van der Waals surface area contributed by atoms with Gasteiger partial charge in [-0.05, 0) is 49.8 Å². The molecule has 1 aromatic carbocycles. The van der Waals surface area contributed by atoms with Crippen molar-refractivity contribution in [1.82, 2.24) is 0 Å². The molecule has 0 spiro atoms. The molecule has 1 aromatic rings. The Hall–Kier alpha value is -1.51. The molecular formula is C17H24N2O. The molecule has 1 aliphatic carbocycles. The summed E-state index contributed by atoms with van der Waals surface area (Å²) < 4.78 is 0. The highest BCUT2D eigenvalue weighted by Crippen LogP contribution is 2.45. The first-order chi connectivity index (χ1) is 9.57. The quantitative estimate of drug-likeness (QED) is 0.838. The van der Waals surface area contributed by atoms with E-state index in [9.17, 15) is 4.79 Å². The molecule has 0 unspecified atom stereocenters. The van der Waals surface area contributed by atoms with Crippen molar-refractivity contribution in [3.8, 4) is 0 Å². The summed E-state index contributed by atoms with van der Waals surface area (Å²) in [6.45, 7) is 5.01. The van der Waals surface area contributed by atoms with E-state index in [0.29, 0.717) is 5.91 Å². The van der Waals surface area contributed by atoms with Crippen molar-refractivity contribution < 1.29 is 4.79 Å². The molecule has 0 saturated heterocycles. The van der Waals surface area contributed by atoms with Crippen LogP contribution in [0.3, 0.4) is 0 Å². The van der Waals surface area contributed by atoms with E-state index in [2.05, 4.69) is 13.0 Å². The Labute approximate surface area is 121 Å². The van der Waals surface area contributed by atoms with Gasteiger partial charge in [0.1, 0.15) is 0 Å². The lowest BCUT2D eigenvalue weighted by Crippen LogP contribution is -2.41. The van der Waals surface area contributed by atoms with Gasteiger partial charge < -0.3 is 10.6 Å². The summed E-state index contributed by atoms with van der Waals surface area (Å²) in [6.07, 6.45) is 6.40. The fourth-order valence-electron chi connectivity index (χ4n) is 3.84. The lowest BCUT2D eigenvalue weighted by molar-refractivity contribution is -0.128. The molecule has 0 bridgehead atoms. The van der Waals surface area contributed by atoms with Gasteiger partial charge in [-0.1, -0.05) is 25.8 Å². The van der Waals surface area contributed by atoms with Crippen molar-refractivity contribution in [2.45, 2.75) is 52.4 Å². The number of anilines is 2. The number of nitrogens with zero attached hydrogens (tertiary/aromatic N) is 1. The number of hydrogen-bond donors (Lipinski definition) is 1. The molecule has 20 heavy (non-hydrogen) atoms. The second-order valence-electron chi connectivity index (χ2n) is 6.39. The molecule has 2 aliphatic rings. The van der Waals surface area contributed by atoms with E-state index in [4.69, 9.17) is 5.73 Å². The molecule has 0 radical (unpaired) electrons. The molecule has 2 N–H and O–H groups in total. The van der Waals surface area contributed by atoms with Gasteiger partial charge in [-0.25, -0.2) is 0 Å². The zero-order valence-corrected chi connectivity index (χ0v) is 12.5. The number of nitrogens with two attached hydrogens (primary N) is 1. The lowest BCUT2D eigenvalue weighted by Gasteiger charge is -2.31. The van der Waals surface area contributed by atoms with Crippen molar-refractivity contribution in [3.05, 3.63) is 23.3 Å². The molecule has 0 aromatic heterocycles. The second kappa shape index (κ2) is 4.80. The Morgan fingerprint density at radius 1 is 1.35 bits per heavy atom. The maximum absolute atomic E-state index is 13.0. The monoisotopic (exact) mass is 272 g/mol. The summed E-state index contributed by atoms with van der Waals surface area (Å²) in [4.78, 5) is 15.0. The maximum Gasteiger partial charge on any atom is 0.233 e. The van der Waals surface area contributed by atoms with Crippen LogP contribution in [0.5, 0.6) is 0 Å². The summed E-state index contributed by atoms with van der Waals surface area (Å²) in [6, 6.07) is 4.14. The topological polar surface area (TPSA) is 46.3 Å². The number of carbonyl (C=O) groups is 1. The summed E-state index contributed by atoms with van der Waals surface area (Å²) in [5.74, 6) is 0.333. The van der Waals surface area contributed by atoms with Crippen LogP contribution in [0.4, 0.5) is 11.4 Å². The van der Waals surface area contributed by atoms with Crippen molar-refractivity contribution >= 4 is 17.3 Å². The van der Waals surface area contributed by atoms with Gasteiger partial charge in [0.2, 0.25) is 5.91 Å². The van der Waals surface area contributed by atoms with Gasteiger partial charge in [0.05, 0.1) is 0 Å². The van der Waals surface area contributed by atoms with E-state index >= 15 is 0 Å². The number of fused-ring (bicyclic) bond motifs is 1. The third-order valence-corrected chi connectivity index (χ3v) is 5.30. The number of hydrogen-bond acceptors (Lipinski definition) is 2. The highest BCUT2D eigenvalue weighted by molar-refractivity contribution is 6.00. The average Bonchev–Trinajstić information content (AvgIpc) is 3.06. The molecule has 3 rings (SSSR count). The normalized spacial score (nSPS) is 20.2. The van der Waals surface area contributed by atoms with E-state index in [1.54, 1.807) is 0 Å². The maximum atomic E-state index is 13.0. The van der Waals surface area contributed by atoms with E-state index in [-0.39, 0.29) is 5.41 Å². The zero-order valence-electron chi connectivity index (χ0n) is 12.5. The number of aryl methyl sites for hydroxylation is 1. The van der Waals surface area contributed by atoms with Gasteiger partial charge in [-0.3, -0.25) is 4.79 Å². The van der Waals surface area contributed by atoms with Gasteiger partial charge in [0, 0.05) is 23.3 Å². The first-order valence-electron chi connectivity index (χ1n) is 7.78. The Morgan fingerprint density at radius 3 is 2.70 bits per heavy atom. The summed E-state index contributed by atoms with van der Waals surface area (Å²) in [5.41, 5.74) is 10.2. The van der Waals surface area contributed by atoms with Gasteiger partial charge in [0.15, 0.2) is 0 Å². The first-order valence-corrected chi connectivity index (χ1v) is 7.78. The number of carbonyl (C=O) groups excluding carboxylic acids is 1. The van der Waals surface area contributed by atoms with E-state index in [1.807, 2.05) is 17.9 Å². The number of amides is 1. The fraction of sp³-hybridized carbons (Fsp3) is 0.588. The molecule has 1 amide bonds. The van der Waals surface area contributed by atoms with Crippen LogP contribution in [-0.2, 0) is 11.2 Å². The van der Waals surface area contributed by atoms with Crippen LogP contribution in [0.25, 0.3) is 0 Å². The molecule has 0 atom stereocenters. The number of benzene rings is 1. The van der Waals surface area contributed by atoms with Gasteiger partial charge in [-0.15, -0.1) is 0 Å². The van der Waals surface area contributed by atoms with Gasteiger partial charge in [-0.2, -0.15) is 0 Å². The Bertz CT molecular complexity index is 544. The van der Waals surface area contributed by atoms with E-state index in [1.165, 1.54) is 18.4 Å². The third kappa shape index (κ3) is 1.91. The molecule has 3 nitrogen and oxygen atoms in total. The molecule has 108 valence electrons. The SMILES string of the molecule is CCC1(C(=O)N2CCc3cc(C)c(N)cc32)CCCC1. The first kappa shape index (κ1) is 13.5. The molecule has 3 heteroatoms. The molecular weight excluding hydrogens is 248 g/mol. The highest BCUT2D eigenvalue weighted by atomic mass is 16.2. The third-order valence-electron chi connectivity index (χ3n) is 5.30. The minimum atomic E-state index is -0.110. The minimum Gasteiger partial charge on any atom is -0.398 e. The standard InChI is InChI=1S/C17H24N2O/c1-3-17(7-4-5-8-17)16(20)19-9-6-13-10-12(2)14(18)11-15(13)19/h10-11H,3-9,18H2,1-2H3. The van der Waals surface area contributed by atoms with Crippen molar-refractivity contribution in [1.29, 1.82) is 0 Å².